The van der Waals surface area contributed by atoms with Crippen LogP contribution in [0.1, 0.15) is 27.2 Å². The highest BCUT2D eigenvalue weighted by atomic mass is 16.5. The number of ether oxygens (including phenoxy) is 2. The lowest BCUT2D eigenvalue weighted by Crippen LogP contribution is -2.34. The van der Waals surface area contributed by atoms with Crippen molar-refractivity contribution in [1.82, 2.24) is 0 Å². The molecule has 0 amide bonds. The minimum atomic E-state index is -0.388. The van der Waals surface area contributed by atoms with Crippen molar-refractivity contribution in [3.63, 3.8) is 0 Å². The normalized spacial score (nSPS) is 12.7. The molecule has 0 bridgehead atoms. The molecule has 0 aliphatic rings. The highest BCUT2D eigenvalue weighted by molar-refractivity contribution is 5.80. The van der Waals surface area contributed by atoms with Crippen LogP contribution in [0.2, 0.25) is 0 Å². The smallest absolute Gasteiger partial charge is 0.328 e. The lowest BCUT2D eigenvalue weighted by Gasteiger charge is -2.26. The molecule has 1 rings (SSSR count). The minimum Gasteiger partial charge on any atom is -0.495 e. The van der Waals surface area contributed by atoms with E-state index in [2.05, 4.69) is 26.1 Å². The van der Waals surface area contributed by atoms with E-state index in [0.717, 1.165) is 5.69 Å². The molecule has 1 N–H and O–H groups in total. The molecule has 0 heterocycles. The van der Waals surface area contributed by atoms with Crippen molar-refractivity contribution in [2.75, 3.05) is 19.5 Å². The zero-order valence-electron chi connectivity index (χ0n) is 12.3. The van der Waals surface area contributed by atoms with Gasteiger partial charge in [0.25, 0.3) is 0 Å². The molecule has 0 aliphatic carbocycles. The van der Waals surface area contributed by atoms with Crippen LogP contribution in [0.3, 0.4) is 0 Å². The number of esters is 1. The Kier molecular flexibility index (Phi) is 5.21. The van der Waals surface area contributed by atoms with Gasteiger partial charge in [-0.1, -0.05) is 32.9 Å². The summed E-state index contributed by atoms with van der Waals surface area (Å²) in [5.41, 5.74) is 0.818. The molecule has 19 heavy (non-hydrogen) atoms. The number of hydrogen-bond donors (Lipinski definition) is 1. The van der Waals surface area contributed by atoms with Gasteiger partial charge in [0.2, 0.25) is 0 Å². The van der Waals surface area contributed by atoms with Gasteiger partial charge in [-0.15, -0.1) is 0 Å². The van der Waals surface area contributed by atoms with Gasteiger partial charge in [0, 0.05) is 0 Å². The minimum absolute atomic E-state index is 0.0217. The van der Waals surface area contributed by atoms with E-state index in [1.807, 2.05) is 24.3 Å². The topological polar surface area (TPSA) is 47.6 Å². The number of nitrogens with one attached hydrogen (secondary N) is 1. The maximum Gasteiger partial charge on any atom is 0.328 e. The second-order valence-corrected chi connectivity index (χ2v) is 5.69. The predicted octanol–water partition coefficient (Wildman–Crippen LogP) is 3.08. The molecule has 0 spiro atoms. The molecule has 106 valence electrons. The molecule has 4 heteroatoms. The number of para-hydroxylation sites is 2. The van der Waals surface area contributed by atoms with E-state index in [0.29, 0.717) is 12.2 Å². The number of benzene rings is 1. The van der Waals surface area contributed by atoms with Gasteiger partial charge in [-0.05, 0) is 24.0 Å². The van der Waals surface area contributed by atoms with E-state index in [-0.39, 0.29) is 17.4 Å². The average molecular weight is 265 g/mol. The highest BCUT2D eigenvalue weighted by Gasteiger charge is 2.26. The van der Waals surface area contributed by atoms with Gasteiger partial charge < -0.3 is 14.8 Å². The lowest BCUT2D eigenvalue weighted by atomic mass is 9.88. The first-order valence-electron chi connectivity index (χ1n) is 6.35. The number of carbonyl (C=O) groups excluding carboxylic acids is 1. The fraction of sp³-hybridized carbons (Fsp3) is 0.533. The standard InChI is InChI=1S/C15H23NO3/c1-15(2,3)10-12(14(17)19-5)16-11-8-6-7-9-13(11)18-4/h6-9,12,16H,10H2,1-5H3. The number of methoxy groups -OCH3 is 2. The Labute approximate surface area is 115 Å². The maximum atomic E-state index is 11.9. The Morgan fingerprint density at radius 1 is 1.26 bits per heavy atom. The fourth-order valence-corrected chi connectivity index (χ4v) is 1.90. The summed E-state index contributed by atoms with van der Waals surface area (Å²) in [5.74, 6) is 0.450. The van der Waals surface area contributed by atoms with Gasteiger partial charge in [0.15, 0.2) is 0 Å². The van der Waals surface area contributed by atoms with Crippen molar-refractivity contribution in [2.24, 2.45) is 5.41 Å². The van der Waals surface area contributed by atoms with Crippen LogP contribution in [0, 0.1) is 5.41 Å². The van der Waals surface area contributed by atoms with Crippen molar-refractivity contribution < 1.29 is 14.3 Å². The van der Waals surface area contributed by atoms with E-state index in [1.54, 1.807) is 7.11 Å². The third-order valence-electron chi connectivity index (χ3n) is 2.74. The molecule has 1 aromatic rings. The molecule has 0 aromatic heterocycles. The van der Waals surface area contributed by atoms with Gasteiger partial charge in [-0.25, -0.2) is 4.79 Å². The Hall–Kier alpha value is -1.71. The molecule has 0 saturated heterocycles. The molecule has 0 saturated carbocycles. The SMILES string of the molecule is COC(=O)C(CC(C)(C)C)Nc1ccccc1OC. The van der Waals surface area contributed by atoms with Crippen molar-refractivity contribution in [2.45, 2.75) is 33.2 Å². The van der Waals surface area contributed by atoms with Gasteiger partial charge in [-0.3, -0.25) is 0 Å². The van der Waals surface area contributed by atoms with Crippen LogP contribution >= 0.6 is 0 Å². The second kappa shape index (κ2) is 6.45. The third-order valence-corrected chi connectivity index (χ3v) is 2.74. The Balaban J connectivity index is 2.91. The fourth-order valence-electron chi connectivity index (χ4n) is 1.90. The molecule has 1 aromatic carbocycles. The largest absolute Gasteiger partial charge is 0.495 e. The first kappa shape index (κ1) is 15.3. The van der Waals surface area contributed by atoms with Crippen LogP contribution in [0.5, 0.6) is 5.75 Å². The monoisotopic (exact) mass is 265 g/mol. The number of rotatable bonds is 5. The summed E-state index contributed by atoms with van der Waals surface area (Å²) in [7, 11) is 3.01. The molecule has 0 radical (unpaired) electrons. The first-order valence-corrected chi connectivity index (χ1v) is 6.35. The average Bonchev–Trinajstić information content (AvgIpc) is 2.36. The van der Waals surface area contributed by atoms with Crippen molar-refractivity contribution in [1.29, 1.82) is 0 Å². The van der Waals surface area contributed by atoms with E-state index in [9.17, 15) is 4.79 Å². The number of carbonyl (C=O) groups is 1. The summed E-state index contributed by atoms with van der Waals surface area (Å²) < 4.78 is 10.1. The van der Waals surface area contributed by atoms with E-state index in [1.165, 1.54) is 7.11 Å². The zero-order chi connectivity index (χ0) is 14.5. The van der Waals surface area contributed by atoms with E-state index < -0.39 is 0 Å². The van der Waals surface area contributed by atoms with Crippen LogP contribution in [0.15, 0.2) is 24.3 Å². The molecule has 1 atom stereocenters. The summed E-state index contributed by atoms with van der Waals surface area (Å²) in [5, 5.41) is 3.21. The van der Waals surface area contributed by atoms with Crippen LogP contribution in [-0.2, 0) is 9.53 Å². The van der Waals surface area contributed by atoms with Crippen LogP contribution < -0.4 is 10.1 Å². The molecular weight excluding hydrogens is 242 g/mol. The molecular formula is C15H23NO3. The molecule has 1 unspecified atom stereocenters. The van der Waals surface area contributed by atoms with Crippen molar-refractivity contribution in [3.8, 4) is 5.75 Å². The summed E-state index contributed by atoms with van der Waals surface area (Å²) in [4.78, 5) is 11.9. The van der Waals surface area contributed by atoms with Gasteiger partial charge in [-0.2, -0.15) is 0 Å². The lowest BCUT2D eigenvalue weighted by molar-refractivity contribution is -0.142. The quantitative estimate of drug-likeness (QED) is 0.831. The second-order valence-electron chi connectivity index (χ2n) is 5.69. The van der Waals surface area contributed by atoms with Crippen LogP contribution in [0.4, 0.5) is 5.69 Å². The molecule has 0 fully saturated rings. The number of hydrogen-bond acceptors (Lipinski definition) is 4. The van der Waals surface area contributed by atoms with E-state index in [4.69, 9.17) is 9.47 Å². The van der Waals surface area contributed by atoms with Gasteiger partial charge in [0.1, 0.15) is 11.8 Å². The Morgan fingerprint density at radius 3 is 2.42 bits per heavy atom. The van der Waals surface area contributed by atoms with Gasteiger partial charge >= 0.3 is 5.97 Å². The molecule has 0 aliphatic heterocycles. The summed E-state index contributed by atoms with van der Waals surface area (Å²) in [6, 6.07) is 7.14. The van der Waals surface area contributed by atoms with Crippen molar-refractivity contribution >= 4 is 11.7 Å². The third kappa shape index (κ3) is 4.81. The van der Waals surface area contributed by atoms with E-state index >= 15 is 0 Å². The predicted molar refractivity (Wildman–Crippen MR) is 76.5 cm³/mol. The van der Waals surface area contributed by atoms with Crippen LogP contribution in [0.25, 0.3) is 0 Å². The maximum absolute atomic E-state index is 11.9. The first-order chi connectivity index (χ1) is 8.87. The van der Waals surface area contributed by atoms with Crippen LogP contribution in [-0.4, -0.2) is 26.2 Å². The number of anilines is 1. The summed E-state index contributed by atoms with van der Waals surface area (Å²) >= 11 is 0. The Bertz CT molecular complexity index is 424. The van der Waals surface area contributed by atoms with Crippen molar-refractivity contribution in [3.05, 3.63) is 24.3 Å². The summed E-state index contributed by atoms with van der Waals surface area (Å²) in [6.45, 7) is 6.27. The van der Waals surface area contributed by atoms with Gasteiger partial charge in [0.05, 0.1) is 19.9 Å². The molecule has 4 nitrogen and oxygen atoms in total. The summed E-state index contributed by atoms with van der Waals surface area (Å²) in [6.07, 6.45) is 0.678. The zero-order valence-corrected chi connectivity index (χ0v) is 12.3. The Morgan fingerprint density at radius 2 is 1.89 bits per heavy atom. The highest BCUT2D eigenvalue weighted by Crippen LogP contribution is 2.28.